The molecule has 1 aliphatic heterocycles. The number of piperidine rings is 1. The molecule has 1 aromatic heterocycles. The Morgan fingerprint density at radius 2 is 2.00 bits per heavy atom. The maximum atomic E-state index is 12.2. The van der Waals surface area contributed by atoms with Crippen LogP contribution >= 0.6 is 0 Å². The van der Waals surface area contributed by atoms with Crippen molar-refractivity contribution in [1.82, 2.24) is 15.4 Å². The van der Waals surface area contributed by atoms with Gasteiger partial charge in [-0.1, -0.05) is 41.9 Å². The molecule has 0 aliphatic carbocycles. The van der Waals surface area contributed by atoms with E-state index in [1.165, 1.54) is 24.8 Å². The van der Waals surface area contributed by atoms with Gasteiger partial charge in [-0.3, -0.25) is 9.69 Å². The third-order valence-corrected chi connectivity index (χ3v) is 4.52. The number of hydrogen-bond donors (Lipinski definition) is 1. The van der Waals surface area contributed by atoms with Crippen molar-refractivity contribution in [3.05, 3.63) is 53.4 Å². The zero-order valence-electron chi connectivity index (χ0n) is 14.2. The molecule has 3 rings (SSSR count). The fourth-order valence-corrected chi connectivity index (χ4v) is 3.29. The van der Waals surface area contributed by atoms with Gasteiger partial charge in [0.1, 0.15) is 5.76 Å². The standard InChI is InChI=1S/C19H25N3O2/c1-15-12-17(24-21-15)13-19(23)20-14-18(16-8-4-2-5-9-16)22-10-6-3-7-11-22/h2,4-5,8-9,12,18H,3,6-7,10-11,13-14H2,1H3,(H,20,23)/t18-/m0/s1. The lowest BCUT2D eigenvalue weighted by molar-refractivity contribution is -0.121. The van der Waals surface area contributed by atoms with Crippen molar-refractivity contribution in [2.45, 2.75) is 38.6 Å². The molecule has 1 saturated heterocycles. The molecule has 5 nitrogen and oxygen atoms in total. The second-order valence-corrected chi connectivity index (χ2v) is 6.44. The van der Waals surface area contributed by atoms with E-state index in [1.807, 2.05) is 13.0 Å². The Morgan fingerprint density at radius 1 is 1.25 bits per heavy atom. The van der Waals surface area contributed by atoms with Crippen LogP contribution in [0.3, 0.4) is 0 Å². The number of likely N-dealkylation sites (tertiary alicyclic amines) is 1. The van der Waals surface area contributed by atoms with Crippen molar-refractivity contribution >= 4 is 5.91 Å². The summed E-state index contributed by atoms with van der Waals surface area (Å²) in [5, 5.41) is 6.89. The number of rotatable bonds is 6. The smallest absolute Gasteiger partial charge is 0.227 e. The Bertz CT molecular complexity index is 648. The minimum absolute atomic E-state index is 0.0240. The molecule has 0 spiro atoms. The molecule has 128 valence electrons. The molecule has 1 aliphatic rings. The van der Waals surface area contributed by atoms with Gasteiger partial charge in [-0.05, 0) is 38.4 Å². The fourth-order valence-electron chi connectivity index (χ4n) is 3.29. The van der Waals surface area contributed by atoms with E-state index in [9.17, 15) is 4.79 Å². The second kappa shape index (κ2) is 8.11. The molecule has 0 radical (unpaired) electrons. The van der Waals surface area contributed by atoms with E-state index in [4.69, 9.17) is 4.52 Å². The minimum atomic E-state index is -0.0240. The molecule has 1 fully saturated rings. The summed E-state index contributed by atoms with van der Waals surface area (Å²) in [6.45, 7) is 4.66. The van der Waals surface area contributed by atoms with Crippen molar-refractivity contribution in [2.24, 2.45) is 0 Å². The van der Waals surface area contributed by atoms with E-state index in [0.717, 1.165) is 18.8 Å². The summed E-state index contributed by atoms with van der Waals surface area (Å²) >= 11 is 0. The van der Waals surface area contributed by atoms with Crippen molar-refractivity contribution in [3.8, 4) is 0 Å². The Morgan fingerprint density at radius 3 is 2.67 bits per heavy atom. The topological polar surface area (TPSA) is 58.4 Å². The number of aromatic nitrogens is 1. The Balaban J connectivity index is 1.62. The van der Waals surface area contributed by atoms with Crippen LogP contribution in [0.1, 0.15) is 42.3 Å². The SMILES string of the molecule is Cc1cc(CC(=O)NC[C@@H](c2ccccc2)N2CCCCC2)on1. The van der Waals surface area contributed by atoms with Gasteiger partial charge in [0.2, 0.25) is 5.91 Å². The maximum absolute atomic E-state index is 12.2. The highest BCUT2D eigenvalue weighted by Crippen LogP contribution is 2.24. The highest BCUT2D eigenvalue weighted by atomic mass is 16.5. The molecule has 1 atom stereocenters. The van der Waals surface area contributed by atoms with Crippen LogP contribution in [-0.2, 0) is 11.2 Å². The third kappa shape index (κ3) is 4.45. The molecule has 0 saturated carbocycles. The van der Waals surface area contributed by atoms with E-state index in [0.29, 0.717) is 12.3 Å². The van der Waals surface area contributed by atoms with Crippen molar-refractivity contribution in [1.29, 1.82) is 0 Å². The third-order valence-electron chi connectivity index (χ3n) is 4.52. The molecule has 1 N–H and O–H groups in total. The van der Waals surface area contributed by atoms with Crippen LogP contribution in [0.2, 0.25) is 0 Å². The summed E-state index contributed by atoms with van der Waals surface area (Å²) in [5.41, 5.74) is 2.06. The highest BCUT2D eigenvalue weighted by Gasteiger charge is 2.22. The van der Waals surface area contributed by atoms with Gasteiger partial charge < -0.3 is 9.84 Å². The van der Waals surface area contributed by atoms with Crippen molar-refractivity contribution in [3.63, 3.8) is 0 Å². The van der Waals surface area contributed by atoms with Gasteiger partial charge in [0.15, 0.2) is 0 Å². The summed E-state index contributed by atoms with van der Waals surface area (Å²) in [4.78, 5) is 14.7. The molecule has 2 aromatic rings. The first-order valence-corrected chi connectivity index (χ1v) is 8.70. The number of nitrogens with one attached hydrogen (secondary N) is 1. The summed E-state index contributed by atoms with van der Waals surface area (Å²) in [5.74, 6) is 0.586. The molecule has 5 heteroatoms. The van der Waals surface area contributed by atoms with E-state index in [1.54, 1.807) is 6.07 Å². The minimum Gasteiger partial charge on any atom is -0.361 e. The van der Waals surface area contributed by atoms with Crippen LogP contribution in [-0.4, -0.2) is 35.6 Å². The van der Waals surface area contributed by atoms with Crippen LogP contribution < -0.4 is 5.32 Å². The highest BCUT2D eigenvalue weighted by molar-refractivity contribution is 5.77. The van der Waals surface area contributed by atoms with Crippen LogP contribution in [0.4, 0.5) is 0 Å². The number of aryl methyl sites for hydroxylation is 1. The van der Waals surface area contributed by atoms with Crippen LogP contribution in [0.15, 0.2) is 40.9 Å². The quantitative estimate of drug-likeness (QED) is 0.886. The van der Waals surface area contributed by atoms with Crippen LogP contribution in [0.25, 0.3) is 0 Å². The average Bonchev–Trinajstić information content (AvgIpc) is 3.02. The van der Waals surface area contributed by atoms with Crippen LogP contribution in [0, 0.1) is 6.92 Å². The number of amides is 1. The zero-order valence-corrected chi connectivity index (χ0v) is 14.2. The maximum Gasteiger partial charge on any atom is 0.227 e. The first kappa shape index (κ1) is 16.7. The largest absolute Gasteiger partial charge is 0.361 e. The van der Waals surface area contributed by atoms with E-state index in [2.05, 4.69) is 39.6 Å². The van der Waals surface area contributed by atoms with Crippen LogP contribution in [0.5, 0.6) is 0 Å². The first-order chi connectivity index (χ1) is 11.7. The van der Waals surface area contributed by atoms with E-state index < -0.39 is 0 Å². The lowest BCUT2D eigenvalue weighted by Crippen LogP contribution is -2.41. The van der Waals surface area contributed by atoms with E-state index >= 15 is 0 Å². The molecule has 0 bridgehead atoms. The second-order valence-electron chi connectivity index (χ2n) is 6.44. The van der Waals surface area contributed by atoms with E-state index in [-0.39, 0.29) is 18.4 Å². The Kier molecular flexibility index (Phi) is 5.64. The normalized spacial score (nSPS) is 16.7. The predicted molar refractivity (Wildman–Crippen MR) is 92.6 cm³/mol. The van der Waals surface area contributed by atoms with Crippen molar-refractivity contribution < 1.29 is 9.32 Å². The molecule has 1 amide bonds. The van der Waals surface area contributed by atoms with Gasteiger partial charge in [-0.2, -0.15) is 0 Å². The first-order valence-electron chi connectivity index (χ1n) is 8.70. The number of nitrogens with zero attached hydrogens (tertiary/aromatic N) is 2. The number of hydrogen-bond acceptors (Lipinski definition) is 4. The molecule has 2 heterocycles. The Labute approximate surface area is 143 Å². The molecule has 24 heavy (non-hydrogen) atoms. The molecular weight excluding hydrogens is 302 g/mol. The monoisotopic (exact) mass is 327 g/mol. The lowest BCUT2D eigenvalue weighted by Gasteiger charge is -2.35. The molecule has 0 unspecified atom stereocenters. The number of carbonyl (C=O) groups excluding carboxylic acids is 1. The van der Waals surface area contributed by atoms with Gasteiger partial charge in [0, 0.05) is 12.6 Å². The molecule has 1 aromatic carbocycles. The predicted octanol–water partition coefficient (Wildman–Crippen LogP) is 2.87. The van der Waals surface area contributed by atoms with Crippen molar-refractivity contribution in [2.75, 3.05) is 19.6 Å². The average molecular weight is 327 g/mol. The van der Waals surface area contributed by atoms with Gasteiger partial charge in [0.25, 0.3) is 0 Å². The Hall–Kier alpha value is -2.14. The summed E-state index contributed by atoms with van der Waals surface area (Å²) in [6.07, 6.45) is 4.00. The fraction of sp³-hybridized carbons (Fsp3) is 0.474. The van der Waals surface area contributed by atoms with Gasteiger partial charge in [-0.25, -0.2) is 0 Å². The zero-order chi connectivity index (χ0) is 16.8. The number of benzene rings is 1. The number of carbonyl (C=O) groups is 1. The molecular formula is C19H25N3O2. The van der Waals surface area contributed by atoms with Gasteiger partial charge >= 0.3 is 0 Å². The summed E-state index contributed by atoms with van der Waals surface area (Å²) in [7, 11) is 0. The van der Waals surface area contributed by atoms with Gasteiger partial charge in [-0.15, -0.1) is 0 Å². The van der Waals surface area contributed by atoms with Gasteiger partial charge in [0.05, 0.1) is 18.2 Å². The summed E-state index contributed by atoms with van der Waals surface area (Å²) < 4.78 is 5.12. The lowest BCUT2D eigenvalue weighted by atomic mass is 10.0. The summed E-state index contributed by atoms with van der Waals surface area (Å²) in [6, 6.07) is 12.5.